The topological polar surface area (TPSA) is 128 Å². The van der Waals surface area contributed by atoms with E-state index in [9.17, 15) is 28.3 Å². The molecule has 5 rings (SSSR count). The van der Waals surface area contributed by atoms with Gasteiger partial charge in [-0.2, -0.15) is 0 Å². The number of aromatic nitrogens is 1. The summed E-state index contributed by atoms with van der Waals surface area (Å²) in [5.41, 5.74) is 0.580. The Labute approximate surface area is 239 Å². The van der Waals surface area contributed by atoms with Gasteiger partial charge in [-0.05, 0) is 38.0 Å². The largest absolute Gasteiger partial charge is 0.480 e. The van der Waals surface area contributed by atoms with Crippen LogP contribution in [0.2, 0.25) is 0 Å². The number of carboxylic acid groups (broad SMARTS) is 1. The van der Waals surface area contributed by atoms with Gasteiger partial charge in [-0.1, -0.05) is 6.07 Å². The highest BCUT2D eigenvalue weighted by Crippen LogP contribution is 2.36. The molecule has 41 heavy (non-hydrogen) atoms. The van der Waals surface area contributed by atoms with E-state index in [4.69, 9.17) is 4.74 Å². The molecule has 3 atom stereocenters. The average Bonchev–Trinajstić information content (AvgIpc) is 3.59. The third-order valence-corrected chi connectivity index (χ3v) is 8.52. The first-order valence-corrected chi connectivity index (χ1v) is 14.0. The Morgan fingerprint density at radius 1 is 1.27 bits per heavy atom. The Bertz CT molecular complexity index is 1450. The molecule has 2 fully saturated rings. The van der Waals surface area contributed by atoms with Crippen LogP contribution >= 0.6 is 11.3 Å². The lowest BCUT2D eigenvalue weighted by molar-refractivity contribution is -0.147. The molecule has 0 saturated carbocycles. The molecule has 0 spiro atoms. The van der Waals surface area contributed by atoms with Crippen LogP contribution in [-0.4, -0.2) is 100 Å². The summed E-state index contributed by atoms with van der Waals surface area (Å²) in [5, 5.41) is 15.7. The number of nitrogens with one attached hydrogen (secondary N) is 1. The molecule has 2 saturated heterocycles. The maximum Gasteiger partial charge on any atom is 0.338 e. The number of aliphatic imine (C=N–C) groups is 1. The second kappa shape index (κ2) is 11.2. The highest BCUT2D eigenvalue weighted by molar-refractivity contribution is 7.11. The van der Waals surface area contributed by atoms with Crippen LogP contribution in [0, 0.1) is 18.6 Å². The first kappa shape index (κ1) is 28.6. The first-order chi connectivity index (χ1) is 19.5. The number of rotatable bonds is 7. The Morgan fingerprint density at radius 2 is 2.02 bits per heavy atom. The number of carbonyl (C=O) groups is 3. The van der Waals surface area contributed by atoms with Crippen molar-refractivity contribution >= 4 is 35.1 Å². The van der Waals surface area contributed by atoms with Gasteiger partial charge in [0.2, 0.25) is 0 Å². The summed E-state index contributed by atoms with van der Waals surface area (Å²) in [5.74, 6) is -3.64. The zero-order chi connectivity index (χ0) is 29.6. The van der Waals surface area contributed by atoms with E-state index in [0.717, 1.165) is 6.07 Å². The van der Waals surface area contributed by atoms with Crippen molar-refractivity contribution in [1.29, 1.82) is 0 Å². The number of ether oxygens (including phenoxy) is 1. The van der Waals surface area contributed by atoms with E-state index in [1.807, 2.05) is 13.8 Å². The molecule has 3 aliphatic heterocycles. The van der Waals surface area contributed by atoms with Crippen molar-refractivity contribution in [3.63, 3.8) is 0 Å². The third-order valence-electron chi connectivity index (χ3n) is 7.74. The summed E-state index contributed by atoms with van der Waals surface area (Å²) >= 11 is 1.29. The van der Waals surface area contributed by atoms with Gasteiger partial charge >= 0.3 is 18.0 Å². The predicted octanol–water partition coefficient (Wildman–Crippen LogP) is 2.53. The molecule has 1 aromatic heterocycles. The molecule has 0 bridgehead atoms. The zero-order valence-electron chi connectivity index (χ0n) is 22.9. The number of methoxy groups -OCH3 is 1. The molecule has 0 aliphatic carbocycles. The molecule has 11 nitrogen and oxygen atoms in total. The Balaban J connectivity index is 1.59. The highest BCUT2D eigenvalue weighted by Gasteiger charge is 2.50. The number of halogens is 2. The quantitative estimate of drug-likeness (QED) is 0.473. The minimum atomic E-state index is -1.10. The number of aliphatic carboxylic acids is 1. The van der Waals surface area contributed by atoms with Crippen molar-refractivity contribution in [2.75, 3.05) is 33.3 Å². The van der Waals surface area contributed by atoms with Gasteiger partial charge in [-0.15, -0.1) is 11.3 Å². The molecule has 1 aromatic carbocycles. The number of amides is 2. The number of hydrogen-bond donors (Lipinski definition) is 2. The highest BCUT2D eigenvalue weighted by atomic mass is 32.1. The minimum Gasteiger partial charge on any atom is -0.480 e. The number of fused-ring (bicyclic) bond motifs is 1. The molecule has 218 valence electrons. The van der Waals surface area contributed by atoms with Crippen LogP contribution in [0.15, 0.2) is 40.0 Å². The molecule has 0 radical (unpaired) electrons. The monoisotopic (exact) mass is 588 g/mol. The number of piperazine rings is 1. The lowest BCUT2D eigenvalue weighted by atomic mass is 9.91. The molecule has 2 amide bonds. The first-order valence-electron chi connectivity index (χ1n) is 13.1. The van der Waals surface area contributed by atoms with Gasteiger partial charge < -0.3 is 25.0 Å². The summed E-state index contributed by atoms with van der Waals surface area (Å²) in [7, 11) is 1.20. The van der Waals surface area contributed by atoms with E-state index < -0.39 is 41.7 Å². The van der Waals surface area contributed by atoms with Crippen molar-refractivity contribution in [2.45, 2.75) is 44.9 Å². The summed E-state index contributed by atoms with van der Waals surface area (Å²) in [6.45, 7) is 5.90. The maximum atomic E-state index is 14.7. The summed E-state index contributed by atoms with van der Waals surface area (Å²) in [6.07, 6.45) is 1.58. The molecule has 14 heteroatoms. The molecule has 4 heterocycles. The van der Waals surface area contributed by atoms with Crippen molar-refractivity contribution in [1.82, 2.24) is 25.0 Å². The van der Waals surface area contributed by atoms with E-state index >= 15 is 0 Å². The Morgan fingerprint density at radius 3 is 2.66 bits per heavy atom. The summed E-state index contributed by atoms with van der Waals surface area (Å²) < 4.78 is 33.8. The maximum absolute atomic E-state index is 14.7. The van der Waals surface area contributed by atoms with Crippen LogP contribution < -0.4 is 5.32 Å². The van der Waals surface area contributed by atoms with Crippen molar-refractivity contribution in [3.05, 3.63) is 62.7 Å². The van der Waals surface area contributed by atoms with E-state index in [-0.39, 0.29) is 48.4 Å². The fourth-order valence-corrected chi connectivity index (χ4v) is 6.26. The number of urea groups is 1. The number of hydrogen-bond acceptors (Lipinski definition) is 9. The van der Waals surface area contributed by atoms with Gasteiger partial charge in [0.15, 0.2) is 22.5 Å². The van der Waals surface area contributed by atoms with E-state index in [1.165, 1.54) is 31.4 Å². The Kier molecular flexibility index (Phi) is 7.79. The van der Waals surface area contributed by atoms with Crippen molar-refractivity contribution in [2.24, 2.45) is 4.99 Å². The van der Waals surface area contributed by atoms with Crippen LogP contribution in [0.5, 0.6) is 0 Å². The number of thiazole rings is 1. The van der Waals surface area contributed by atoms with Crippen molar-refractivity contribution < 1.29 is 33.0 Å². The number of carboxylic acids is 1. The fourth-order valence-electron chi connectivity index (χ4n) is 5.68. The molecule has 2 N–H and O–H groups in total. The van der Waals surface area contributed by atoms with E-state index in [2.05, 4.69) is 15.3 Å². The fraction of sp³-hybridized carbons (Fsp3) is 0.444. The standard InChI is InChI=1S/C27H30F2N6O5S/c1-13(2)35-12-18-22(25(36)37)33(8-9-34(18)27(35)39)11-17-19(26(38)40-4)21(15-5-6-16(28)20(29)14(15)3)32-23(31-17)24-30-7-10-41-24/h5-7,10,13,18,21-22H,8-9,11-12H2,1-4H3,(H,31,32)(H,36,37)/t18-,21+,22+/m1/s1. The van der Waals surface area contributed by atoms with Crippen molar-refractivity contribution in [3.8, 4) is 0 Å². The van der Waals surface area contributed by atoms with Crippen LogP contribution in [0.25, 0.3) is 0 Å². The number of carbonyl (C=O) groups excluding carboxylic acids is 2. The van der Waals surface area contributed by atoms with Crippen LogP contribution in [0.1, 0.15) is 36.0 Å². The van der Waals surface area contributed by atoms with Gasteiger partial charge in [0.05, 0.1) is 18.7 Å². The molecule has 0 unspecified atom stereocenters. The second-order valence-electron chi connectivity index (χ2n) is 10.3. The molecular formula is C27H30F2N6O5S. The smallest absolute Gasteiger partial charge is 0.338 e. The van der Waals surface area contributed by atoms with Gasteiger partial charge in [0, 0.05) is 49.5 Å². The van der Waals surface area contributed by atoms with Gasteiger partial charge in [-0.3, -0.25) is 14.7 Å². The molecule has 3 aliphatic rings. The number of esters is 1. The second-order valence-corrected chi connectivity index (χ2v) is 11.2. The minimum absolute atomic E-state index is 0.0184. The predicted molar refractivity (Wildman–Crippen MR) is 145 cm³/mol. The van der Waals surface area contributed by atoms with Crippen LogP contribution in [0.4, 0.5) is 13.6 Å². The normalized spacial score (nSPS) is 23.0. The number of amidine groups is 1. The molecule has 2 aromatic rings. The lowest BCUT2D eigenvalue weighted by Crippen LogP contribution is -2.62. The SMILES string of the molecule is COC(=O)C1=C(CN2CCN3C(=O)N(C(C)C)C[C@@H]3[C@H]2C(=O)O)NC(c2nccs2)=N[C@H]1c1ccc(F)c(F)c1C. The van der Waals surface area contributed by atoms with Gasteiger partial charge in [0.25, 0.3) is 0 Å². The zero-order valence-corrected chi connectivity index (χ0v) is 23.7. The van der Waals surface area contributed by atoms with E-state index in [1.54, 1.807) is 26.3 Å². The Hall–Kier alpha value is -3.91. The number of nitrogens with zero attached hydrogens (tertiary/aromatic N) is 5. The number of benzene rings is 1. The van der Waals surface area contributed by atoms with Gasteiger partial charge in [0.1, 0.15) is 12.1 Å². The summed E-state index contributed by atoms with van der Waals surface area (Å²) in [6, 6.07) is -0.689. The van der Waals surface area contributed by atoms with Crippen LogP contribution in [-0.2, 0) is 14.3 Å². The van der Waals surface area contributed by atoms with E-state index in [0.29, 0.717) is 23.1 Å². The summed E-state index contributed by atoms with van der Waals surface area (Å²) in [4.78, 5) is 52.8. The van der Waals surface area contributed by atoms with Gasteiger partial charge in [-0.25, -0.2) is 23.4 Å². The molecular weight excluding hydrogens is 558 g/mol. The third kappa shape index (κ3) is 5.05. The average molecular weight is 589 g/mol. The lowest BCUT2D eigenvalue weighted by Gasteiger charge is -2.42. The van der Waals surface area contributed by atoms with Crippen LogP contribution in [0.3, 0.4) is 0 Å².